The lowest BCUT2D eigenvalue weighted by Crippen LogP contribution is -2.46. The van der Waals surface area contributed by atoms with E-state index in [-0.39, 0.29) is 5.97 Å². The fourth-order valence-corrected chi connectivity index (χ4v) is 2.88. The topological polar surface area (TPSA) is 58.8 Å². The molecule has 1 aliphatic heterocycles. The van der Waals surface area contributed by atoms with Gasteiger partial charge in [-0.25, -0.2) is 0 Å². The number of hydrogen-bond acceptors (Lipinski definition) is 5. The van der Waals surface area contributed by atoms with Gasteiger partial charge in [0.15, 0.2) is 0 Å². The van der Waals surface area contributed by atoms with Crippen LogP contribution in [0.2, 0.25) is 0 Å². The highest BCUT2D eigenvalue weighted by atomic mass is 16.5. The van der Waals surface area contributed by atoms with Crippen LogP contribution in [-0.2, 0) is 9.53 Å². The monoisotopic (exact) mass is 299 g/mol. The van der Waals surface area contributed by atoms with Crippen molar-refractivity contribution in [3.63, 3.8) is 0 Å². The van der Waals surface area contributed by atoms with Crippen LogP contribution in [0, 0.1) is 0 Å². The molecule has 0 saturated carbocycles. The Bertz CT molecular complexity index is 311. The van der Waals surface area contributed by atoms with Crippen LogP contribution in [-0.4, -0.2) is 67.7 Å². The van der Waals surface area contributed by atoms with E-state index in [1.54, 1.807) is 6.92 Å². The normalized spacial score (nSPS) is 20.5. The van der Waals surface area contributed by atoms with Crippen LogP contribution in [0.4, 0.5) is 0 Å². The summed E-state index contributed by atoms with van der Waals surface area (Å²) in [5, 5.41) is 0. The maximum absolute atomic E-state index is 11.7. The molecule has 1 unspecified atom stereocenters. The number of nitrogens with zero attached hydrogens (tertiary/aromatic N) is 2. The van der Waals surface area contributed by atoms with Gasteiger partial charge < -0.3 is 20.3 Å². The minimum absolute atomic E-state index is 0.281. The van der Waals surface area contributed by atoms with E-state index in [1.165, 1.54) is 25.9 Å². The Morgan fingerprint density at radius 3 is 2.48 bits per heavy atom. The fourth-order valence-electron chi connectivity index (χ4n) is 2.88. The van der Waals surface area contributed by atoms with Gasteiger partial charge >= 0.3 is 5.97 Å². The molecule has 1 aliphatic rings. The van der Waals surface area contributed by atoms with E-state index in [0.29, 0.717) is 13.0 Å². The van der Waals surface area contributed by atoms with Gasteiger partial charge in [0.2, 0.25) is 0 Å². The number of ether oxygens (including phenoxy) is 1. The van der Waals surface area contributed by atoms with Crippen molar-refractivity contribution in [3.8, 4) is 0 Å². The SMILES string of the molecule is CCOC(=O)C(C)(N)CCCCN1CCC(N(C)C)CC1. The number of piperidine rings is 1. The molecule has 1 fully saturated rings. The summed E-state index contributed by atoms with van der Waals surface area (Å²) in [4.78, 5) is 16.6. The van der Waals surface area contributed by atoms with Crippen molar-refractivity contribution in [2.24, 2.45) is 5.73 Å². The Morgan fingerprint density at radius 2 is 1.95 bits per heavy atom. The highest BCUT2D eigenvalue weighted by Gasteiger charge is 2.29. The first-order valence-corrected chi connectivity index (χ1v) is 8.21. The summed E-state index contributed by atoms with van der Waals surface area (Å²) >= 11 is 0. The van der Waals surface area contributed by atoms with Crippen molar-refractivity contribution in [2.45, 2.75) is 57.5 Å². The molecule has 0 aromatic rings. The molecule has 0 radical (unpaired) electrons. The summed E-state index contributed by atoms with van der Waals surface area (Å²) in [7, 11) is 4.33. The number of carbonyl (C=O) groups excluding carboxylic acids is 1. The first-order valence-electron chi connectivity index (χ1n) is 8.21. The third-order valence-corrected chi connectivity index (χ3v) is 4.45. The Balaban J connectivity index is 2.16. The van der Waals surface area contributed by atoms with Crippen LogP contribution in [0.5, 0.6) is 0 Å². The lowest BCUT2D eigenvalue weighted by molar-refractivity contribution is -0.149. The van der Waals surface area contributed by atoms with Crippen LogP contribution in [0.15, 0.2) is 0 Å². The number of rotatable bonds is 8. The summed E-state index contributed by atoms with van der Waals surface area (Å²) in [6.07, 6.45) is 5.27. The van der Waals surface area contributed by atoms with E-state index in [2.05, 4.69) is 23.9 Å². The van der Waals surface area contributed by atoms with Gasteiger partial charge in [-0.3, -0.25) is 4.79 Å². The highest BCUT2D eigenvalue weighted by molar-refractivity contribution is 5.79. The first-order chi connectivity index (χ1) is 9.86. The Kier molecular flexibility index (Phi) is 7.63. The third kappa shape index (κ3) is 6.32. The molecule has 0 aromatic carbocycles. The molecule has 5 nitrogen and oxygen atoms in total. The van der Waals surface area contributed by atoms with Crippen molar-refractivity contribution < 1.29 is 9.53 Å². The lowest BCUT2D eigenvalue weighted by atomic mass is 9.96. The second kappa shape index (κ2) is 8.71. The highest BCUT2D eigenvalue weighted by Crippen LogP contribution is 2.16. The summed E-state index contributed by atoms with van der Waals surface area (Å²) in [6, 6.07) is 0.734. The van der Waals surface area contributed by atoms with Crippen LogP contribution < -0.4 is 5.73 Å². The lowest BCUT2D eigenvalue weighted by Gasteiger charge is -2.35. The smallest absolute Gasteiger partial charge is 0.325 e. The number of esters is 1. The minimum Gasteiger partial charge on any atom is -0.465 e. The number of carbonyl (C=O) groups is 1. The standard InChI is InChI=1S/C16H33N3O2/c1-5-21-15(20)16(2,17)10-6-7-11-19-12-8-14(9-13-19)18(3)4/h14H,5-13,17H2,1-4H3. The molecule has 0 amide bonds. The van der Waals surface area contributed by atoms with Gasteiger partial charge in [0.1, 0.15) is 5.54 Å². The molecule has 1 heterocycles. The first kappa shape index (κ1) is 18.4. The molecule has 0 spiro atoms. The van der Waals surface area contributed by atoms with E-state index in [4.69, 9.17) is 10.5 Å². The molecule has 124 valence electrons. The summed E-state index contributed by atoms with van der Waals surface area (Å²) in [5.74, 6) is -0.281. The van der Waals surface area contributed by atoms with Gasteiger partial charge in [-0.1, -0.05) is 0 Å². The van der Waals surface area contributed by atoms with Crippen molar-refractivity contribution in [2.75, 3.05) is 40.3 Å². The minimum atomic E-state index is -0.839. The van der Waals surface area contributed by atoms with E-state index in [9.17, 15) is 4.79 Å². The summed E-state index contributed by atoms with van der Waals surface area (Å²) < 4.78 is 5.01. The molecule has 0 bridgehead atoms. The van der Waals surface area contributed by atoms with E-state index in [0.717, 1.165) is 25.4 Å². The number of unbranched alkanes of at least 4 members (excludes halogenated alkanes) is 1. The van der Waals surface area contributed by atoms with Crippen LogP contribution in [0.3, 0.4) is 0 Å². The van der Waals surface area contributed by atoms with Gasteiger partial charge in [-0.05, 0) is 79.7 Å². The van der Waals surface area contributed by atoms with Crippen molar-refractivity contribution >= 4 is 5.97 Å². The third-order valence-electron chi connectivity index (χ3n) is 4.45. The van der Waals surface area contributed by atoms with E-state index >= 15 is 0 Å². The van der Waals surface area contributed by atoms with Gasteiger partial charge in [0, 0.05) is 6.04 Å². The molecular weight excluding hydrogens is 266 g/mol. The molecule has 1 rings (SSSR count). The molecule has 0 aromatic heterocycles. The quantitative estimate of drug-likeness (QED) is 0.543. The van der Waals surface area contributed by atoms with Crippen LogP contribution >= 0.6 is 0 Å². The summed E-state index contributed by atoms with van der Waals surface area (Å²) in [5.41, 5.74) is 5.18. The largest absolute Gasteiger partial charge is 0.465 e. The summed E-state index contributed by atoms with van der Waals surface area (Å²) in [6.45, 7) is 7.45. The zero-order valence-corrected chi connectivity index (χ0v) is 14.2. The van der Waals surface area contributed by atoms with E-state index < -0.39 is 5.54 Å². The molecule has 2 N–H and O–H groups in total. The van der Waals surface area contributed by atoms with Gasteiger partial charge in [-0.15, -0.1) is 0 Å². The molecule has 21 heavy (non-hydrogen) atoms. The number of hydrogen-bond donors (Lipinski definition) is 1. The van der Waals surface area contributed by atoms with Crippen molar-refractivity contribution in [3.05, 3.63) is 0 Å². The second-order valence-corrected chi connectivity index (χ2v) is 6.63. The van der Waals surface area contributed by atoms with Gasteiger partial charge in [-0.2, -0.15) is 0 Å². The molecule has 5 heteroatoms. The second-order valence-electron chi connectivity index (χ2n) is 6.63. The maximum atomic E-state index is 11.7. The van der Waals surface area contributed by atoms with Gasteiger partial charge in [0.25, 0.3) is 0 Å². The molecule has 0 aliphatic carbocycles. The molecular formula is C16H33N3O2. The maximum Gasteiger partial charge on any atom is 0.325 e. The van der Waals surface area contributed by atoms with E-state index in [1.807, 2.05) is 6.92 Å². The van der Waals surface area contributed by atoms with Crippen molar-refractivity contribution in [1.82, 2.24) is 9.80 Å². The average Bonchev–Trinajstić information content (AvgIpc) is 2.44. The number of likely N-dealkylation sites (tertiary alicyclic amines) is 1. The predicted octanol–water partition coefficient (Wildman–Crippen LogP) is 1.46. The predicted molar refractivity (Wildman–Crippen MR) is 86.2 cm³/mol. The van der Waals surface area contributed by atoms with Crippen molar-refractivity contribution in [1.29, 1.82) is 0 Å². The molecule has 1 atom stereocenters. The zero-order chi connectivity index (χ0) is 15.9. The molecule has 1 saturated heterocycles. The Labute approximate surface area is 129 Å². The Hall–Kier alpha value is -0.650. The van der Waals surface area contributed by atoms with Crippen LogP contribution in [0.1, 0.15) is 46.0 Å². The zero-order valence-electron chi connectivity index (χ0n) is 14.2. The van der Waals surface area contributed by atoms with Crippen LogP contribution in [0.25, 0.3) is 0 Å². The number of nitrogens with two attached hydrogens (primary N) is 1. The average molecular weight is 299 g/mol. The van der Waals surface area contributed by atoms with Gasteiger partial charge in [0.05, 0.1) is 6.61 Å². The fraction of sp³-hybridized carbons (Fsp3) is 0.938. The Morgan fingerprint density at radius 1 is 1.33 bits per heavy atom.